The number of aliphatic hydroxyl groups is 1. The van der Waals surface area contributed by atoms with E-state index in [4.69, 9.17) is 10.8 Å². The molecule has 9 nitrogen and oxygen atoms in total. The zero-order valence-corrected chi connectivity index (χ0v) is 18.3. The van der Waals surface area contributed by atoms with Crippen molar-refractivity contribution in [1.82, 2.24) is 9.58 Å². The first-order valence-electron chi connectivity index (χ1n) is 10.1. The Bertz CT molecular complexity index is 1230. The van der Waals surface area contributed by atoms with Crippen molar-refractivity contribution < 1.29 is 23.8 Å². The summed E-state index contributed by atoms with van der Waals surface area (Å²) >= 11 is 0.578. The summed E-state index contributed by atoms with van der Waals surface area (Å²) in [6.45, 7) is 0.364. The fourth-order valence-corrected chi connectivity index (χ4v) is 4.88. The first-order valence-corrected chi connectivity index (χ1v) is 10.9. The molecule has 0 radical (unpaired) electrons. The largest absolute Gasteiger partial charge is 0.502 e. The average molecular weight is 477 g/mol. The lowest BCUT2D eigenvalue weighted by Crippen LogP contribution is -2.66. The van der Waals surface area contributed by atoms with E-state index in [1.807, 2.05) is 0 Å². The predicted molar refractivity (Wildman–Crippen MR) is 119 cm³/mol. The van der Waals surface area contributed by atoms with E-state index in [1.54, 1.807) is 7.05 Å². The number of amides is 1. The van der Waals surface area contributed by atoms with Crippen molar-refractivity contribution in [1.29, 1.82) is 10.8 Å². The van der Waals surface area contributed by atoms with Gasteiger partial charge in [-0.15, -0.1) is 0 Å². The summed E-state index contributed by atoms with van der Waals surface area (Å²) in [5.41, 5.74) is -1.41. The Hall–Kier alpha value is -3.25. The molecule has 0 saturated carbocycles. The highest BCUT2D eigenvalue weighted by Gasteiger charge is 2.43. The van der Waals surface area contributed by atoms with Gasteiger partial charge in [0.2, 0.25) is 5.43 Å². The molecule has 2 atom stereocenters. The smallest absolute Gasteiger partial charge is 0.278 e. The predicted octanol–water partition coefficient (Wildman–Crippen LogP) is 1.62. The van der Waals surface area contributed by atoms with Crippen molar-refractivity contribution in [3.05, 3.63) is 63.1 Å². The van der Waals surface area contributed by atoms with E-state index in [0.29, 0.717) is 37.2 Å². The van der Waals surface area contributed by atoms with Gasteiger partial charge in [-0.2, -0.15) is 0 Å². The molecule has 1 aromatic carbocycles. The Morgan fingerprint density at radius 3 is 2.70 bits per heavy atom. The first-order chi connectivity index (χ1) is 15.6. The number of carbonyl (C=O) groups is 1. The zero-order chi connectivity index (χ0) is 24.0. The number of aliphatic hydroxyl groups excluding tert-OH is 1. The normalized spacial score (nSPS) is 19.8. The lowest BCUT2D eigenvalue weighted by atomic mass is 10.0. The number of nitrogens with zero attached hydrogens (tertiary/aromatic N) is 3. The second kappa shape index (κ2) is 8.60. The third kappa shape index (κ3) is 4.00. The number of benzene rings is 1. The van der Waals surface area contributed by atoms with E-state index in [1.165, 1.54) is 26.8 Å². The molecule has 4 N–H and O–H groups in total. The van der Waals surface area contributed by atoms with E-state index in [0.717, 1.165) is 6.07 Å². The van der Waals surface area contributed by atoms with Gasteiger partial charge >= 0.3 is 0 Å². The van der Waals surface area contributed by atoms with Gasteiger partial charge in [-0.3, -0.25) is 30.1 Å². The molecule has 1 amide bonds. The number of rotatable bonds is 3. The van der Waals surface area contributed by atoms with Crippen LogP contribution in [0.4, 0.5) is 8.78 Å². The molecule has 0 spiro atoms. The van der Waals surface area contributed by atoms with Crippen LogP contribution in [-0.2, 0) is 6.42 Å². The Kier molecular flexibility index (Phi) is 5.97. The third-order valence-electron chi connectivity index (χ3n) is 5.75. The van der Waals surface area contributed by atoms with Gasteiger partial charge in [-0.1, -0.05) is 17.8 Å². The van der Waals surface area contributed by atoms with Crippen LogP contribution < -0.4 is 10.4 Å². The van der Waals surface area contributed by atoms with Gasteiger partial charge < -0.3 is 15.1 Å². The maximum Gasteiger partial charge on any atom is 0.278 e. The van der Waals surface area contributed by atoms with Crippen LogP contribution in [0.25, 0.3) is 0 Å². The van der Waals surface area contributed by atoms with Crippen LogP contribution >= 0.6 is 11.8 Å². The minimum Gasteiger partial charge on any atom is -0.502 e. The average Bonchev–Trinajstić information content (AvgIpc) is 2.75. The van der Waals surface area contributed by atoms with E-state index < -0.39 is 41.0 Å². The standard InChI is InChI=1S/C21H21F2N5O4S/c1-26-20-14(29)3-2-6-27(20)21(32)16-18(31)17(30)12(9-28(16)26)19(25)33-15(24)7-10-4-5-11(22)8-13(10)23/h4-5,8-9,14,20,24-25,29,31H,2-3,6-7H2,1H3. The Balaban J connectivity index is 1.63. The maximum absolute atomic E-state index is 13.9. The molecule has 2 aliphatic rings. The highest BCUT2D eigenvalue weighted by Crippen LogP contribution is 2.30. The number of thioether (sulfide) groups is 1. The van der Waals surface area contributed by atoms with Crippen LogP contribution in [-0.4, -0.2) is 61.6 Å². The van der Waals surface area contributed by atoms with Gasteiger partial charge in [0.15, 0.2) is 11.4 Å². The Morgan fingerprint density at radius 1 is 1.27 bits per heavy atom. The molecule has 1 saturated heterocycles. The monoisotopic (exact) mass is 477 g/mol. The van der Waals surface area contributed by atoms with Gasteiger partial charge in [-0.05, 0) is 24.5 Å². The van der Waals surface area contributed by atoms with Gasteiger partial charge in [0.1, 0.15) is 22.8 Å². The lowest BCUT2D eigenvalue weighted by Gasteiger charge is -2.49. The number of hydrogen-bond donors (Lipinski definition) is 4. The van der Waals surface area contributed by atoms with E-state index in [2.05, 4.69) is 0 Å². The summed E-state index contributed by atoms with van der Waals surface area (Å²) in [6.07, 6.45) is 0.524. The molecule has 2 aliphatic heterocycles. The second-order valence-electron chi connectivity index (χ2n) is 7.88. The van der Waals surface area contributed by atoms with Gasteiger partial charge in [-0.25, -0.2) is 8.78 Å². The van der Waals surface area contributed by atoms with Crippen LogP contribution in [0.3, 0.4) is 0 Å². The number of likely N-dealkylation sites (N-methyl/N-ethyl adjacent to an activating group) is 1. The SMILES string of the molecule is CN1C2C(O)CCCN2C(=O)c2c(O)c(=O)c(C(=N)SC(=N)Cc3ccc(F)cc3F)cn21. The molecule has 174 valence electrons. The summed E-state index contributed by atoms with van der Waals surface area (Å²) in [7, 11) is 1.59. The minimum absolute atomic E-state index is 0.0587. The fraction of sp³-hybridized carbons (Fsp3) is 0.333. The number of nitrogens with one attached hydrogen (secondary N) is 2. The highest BCUT2D eigenvalue weighted by atomic mass is 32.2. The van der Waals surface area contributed by atoms with Crippen molar-refractivity contribution in [3.8, 4) is 5.75 Å². The molecular weight excluding hydrogens is 456 g/mol. The molecular formula is C21H21F2N5O4S. The van der Waals surface area contributed by atoms with Crippen LogP contribution in [0.2, 0.25) is 0 Å². The van der Waals surface area contributed by atoms with Crippen LogP contribution in [0.5, 0.6) is 5.75 Å². The number of halogens is 2. The van der Waals surface area contributed by atoms with E-state index >= 15 is 0 Å². The van der Waals surface area contributed by atoms with Crippen LogP contribution in [0.1, 0.15) is 34.5 Å². The Labute approximate surface area is 191 Å². The summed E-state index contributed by atoms with van der Waals surface area (Å²) in [5.74, 6) is -3.00. The Morgan fingerprint density at radius 2 is 2.00 bits per heavy atom. The van der Waals surface area contributed by atoms with E-state index in [-0.39, 0.29) is 33.3 Å². The summed E-state index contributed by atoms with van der Waals surface area (Å²) in [5, 5.41) is 38.3. The number of carbonyl (C=O) groups excluding carboxylic acids is 1. The summed E-state index contributed by atoms with van der Waals surface area (Å²) in [4.78, 5) is 27.1. The number of hydrogen-bond acceptors (Lipinski definition) is 8. The summed E-state index contributed by atoms with van der Waals surface area (Å²) < 4.78 is 28.2. The molecule has 2 aromatic rings. The van der Waals surface area contributed by atoms with Crippen LogP contribution in [0, 0.1) is 22.5 Å². The van der Waals surface area contributed by atoms with Gasteiger partial charge in [0.05, 0.1) is 16.7 Å². The van der Waals surface area contributed by atoms with Crippen molar-refractivity contribution in [2.24, 2.45) is 0 Å². The third-order valence-corrected chi connectivity index (χ3v) is 6.56. The molecule has 2 unspecified atom stereocenters. The number of aromatic hydroxyl groups is 1. The minimum atomic E-state index is -0.947. The zero-order valence-electron chi connectivity index (χ0n) is 17.5. The first kappa shape index (κ1) is 22.9. The maximum atomic E-state index is 13.9. The molecule has 1 fully saturated rings. The van der Waals surface area contributed by atoms with Gasteiger partial charge in [0, 0.05) is 32.3 Å². The number of piperidine rings is 1. The van der Waals surface area contributed by atoms with Crippen molar-refractivity contribution in [2.75, 3.05) is 18.6 Å². The second-order valence-corrected chi connectivity index (χ2v) is 8.98. The highest BCUT2D eigenvalue weighted by molar-refractivity contribution is 8.26. The number of aromatic nitrogens is 1. The molecule has 0 bridgehead atoms. The number of pyridine rings is 1. The molecule has 0 aliphatic carbocycles. The quantitative estimate of drug-likeness (QED) is 0.392. The van der Waals surface area contributed by atoms with Crippen molar-refractivity contribution in [2.45, 2.75) is 31.5 Å². The number of fused-ring (bicyclic) bond motifs is 2. The summed E-state index contributed by atoms with van der Waals surface area (Å²) in [6, 6.07) is 2.96. The van der Waals surface area contributed by atoms with Crippen molar-refractivity contribution >= 4 is 27.8 Å². The topological polar surface area (TPSA) is 134 Å². The van der Waals surface area contributed by atoms with Crippen LogP contribution in [0.15, 0.2) is 29.2 Å². The van der Waals surface area contributed by atoms with E-state index in [9.17, 15) is 28.6 Å². The molecule has 3 heterocycles. The molecule has 4 rings (SSSR count). The molecule has 33 heavy (non-hydrogen) atoms. The van der Waals surface area contributed by atoms with Gasteiger partial charge in [0.25, 0.3) is 5.91 Å². The fourth-order valence-electron chi connectivity index (χ4n) is 4.15. The van der Waals surface area contributed by atoms with Crippen molar-refractivity contribution in [3.63, 3.8) is 0 Å². The lowest BCUT2D eigenvalue weighted by molar-refractivity contribution is -0.00394. The molecule has 1 aromatic heterocycles. The molecule has 12 heteroatoms.